The van der Waals surface area contributed by atoms with Gasteiger partial charge in [0.25, 0.3) is 0 Å². The van der Waals surface area contributed by atoms with Gasteiger partial charge < -0.3 is 4.90 Å². The Morgan fingerprint density at radius 1 is 1.16 bits per heavy atom. The lowest BCUT2D eigenvalue weighted by molar-refractivity contribution is 0.101. The summed E-state index contributed by atoms with van der Waals surface area (Å²) >= 11 is 0. The van der Waals surface area contributed by atoms with E-state index in [2.05, 4.69) is 9.62 Å². The van der Waals surface area contributed by atoms with E-state index in [0.717, 1.165) is 32.0 Å². The summed E-state index contributed by atoms with van der Waals surface area (Å²) in [5.74, 6) is 0.264. The first-order valence-electron chi connectivity index (χ1n) is 9.30. The fourth-order valence-electron chi connectivity index (χ4n) is 3.98. The number of carbonyl (C=O) groups is 1. The Morgan fingerprint density at radius 3 is 2.48 bits per heavy atom. The molecule has 5 nitrogen and oxygen atoms in total. The van der Waals surface area contributed by atoms with Gasteiger partial charge in [0.05, 0.1) is 4.90 Å². The quantitative estimate of drug-likeness (QED) is 0.788. The predicted octanol–water partition coefficient (Wildman–Crippen LogP) is 2.82. The van der Waals surface area contributed by atoms with Crippen LogP contribution in [-0.2, 0) is 10.0 Å². The van der Waals surface area contributed by atoms with Crippen molar-refractivity contribution in [2.24, 2.45) is 5.92 Å². The Kier molecular flexibility index (Phi) is 5.92. The molecular formula is C19H28N2O3S. The number of ketones is 1. The molecule has 0 radical (unpaired) electrons. The van der Waals surface area contributed by atoms with Crippen LogP contribution in [0.2, 0.25) is 0 Å². The summed E-state index contributed by atoms with van der Waals surface area (Å²) in [6.07, 6.45) is 7.44. The van der Waals surface area contributed by atoms with E-state index in [4.69, 9.17) is 0 Å². The van der Waals surface area contributed by atoms with Crippen LogP contribution in [0.15, 0.2) is 29.2 Å². The lowest BCUT2D eigenvalue weighted by atomic mass is 9.96. The number of hydrogen-bond acceptors (Lipinski definition) is 4. The molecule has 2 aliphatic rings. The second-order valence-corrected chi connectivity index (χ2v) is 9.12. The van der Waals surface area contributed by atoms with Gasteiger partial charge in [-0.3, -0.25) is 4.79 Å². The van der Waals surface area contributed by atoms with Crippen molar-refractivity contribution in [3.8, 4) is 0 Å². The summed E-state index contributed by atoms with van der Waals surface area (Å²) in [6, 6.07) is 7.00. The van der Waals surface area contributed by atoms with Gasteiger partial charge in [0.1, 0.15) is 0 Å². The van der Waals surface area contributed by atoms with Crippen LogP contribution in [0.25, 0.3) is 0 Å². The zero-order valence-corrected chi connectivity index (χ0v) is 15.7. The minimum absolute atomic E-state index is 0.128. The molecule has 0 unspecified atom stereocenters. The third-order valence-corrected chi connectivity index (χ3v) is 7.02. The van der Waals surface area contributed by atoms with Crippen molar-refractivity contribution in [2.75, 3.05) is 19.6 Å². The molecule has 0 aromatic heterocycles. The number of rotatable bonds is 6. The zero-order valence-electron chi connectivity index (χ0n) is 14.9. The van der Waals surface area contributed by atoms with Gasteiger partial charge in [-0.2, -0.15) is 0 Å². The Balaban J connectivity index is 1.53. The van der Waals surface area contributed by atoms with E-state index in [9.17, 15) is 13.2 Å². The van der Waals surface area contributed by atoms with Crippen LogP contribution in [-0.4, -0.2) is 44.8 Å². The number of likely N-dealkylation sites (tertiary alicyclic amines) is 1. The van der Waals surface area contributed by atoms with Gasteiger partial charge in [0.15, 0.2) is 5.78 Å². The number of piperidine rings is 1. The predicted molar refractivity (Wildman–Crippen MR) is 98.2 cm³/mol. The molecule has 6 heteroatoms. The Labute approximate surface area is 150 Å². The number of benzene rings is 1. The summed E-state index contributed by atoms with van der Waals surface area (Å²) in [7, 11) is -3.56. The molecule has 25 heavy (non-hydrogen) atoms. The van der Waals surface area contributed by atoms with E-state index in [1.807, 2.05) is 0 Å². The average molecular weight is 365 g/mol. The summed E-state index contributed by atoms with van der Waals surface area (Å²) < 4.78 is 27.7. The lowest BCUT2D eigenvalue weighted by Crippen LogP contribution is -2.42. The van der Waals surface area contributed by atoms with Crippen LogP contribution in [0.4, 0.5) is 0 Å². The molecule has 2 fully saturated rings. The minimum Gasteiger partial charge on any atom is -0.300 e. The van der Waals surface area contributed by atoms with E-state index in [1.54, 1.807) is 12.1 Å². The van der Waals surface area contributed by atoms with Crippen molar-refractivity contribution in [3.05, 3.63) is 29.8 Å². The number of nitrogens with one attached hydrogen (secondary N) is 1. The minimum atomic E-state index is -3.56. The van der Waals surface area contributed by atoms with Gasteiger partial charge in [-0.05, 0) is 63.7 Å². The molecule has 0 amide bonds. The van der Waals surface area contributed by atoms with Crippen molar-refractivity contribution in [2.45, 2.75) is 56.4 Å². The summed E-state index contributed by atoms with van der Waals surface area (Å²) in [6.45, 7) is 4.08. The van der Waals surface area contributed by atoms with Crippen molar-refractivity contribution in [3.63, 3.8) is 0 Å². The second kappa shape index (κ2) is 7.98. The summed E-state index contributed by atoms with van der Waals surface area (Å²) in [5.41, 5.74) is 0.424. The normalized spacial score (nSPS) is 20.8. The van der Waals surface area contributed by atoms with E-state index in [0.29, 0.717) is 18.0 Å². The van der Waals surface area contributed by atoms with Crippen LogP contribution in [0, 0.1) is 5.92 Å². The first-order chi connectivity index (χ1) is 12.0. The molecule has 138 valence electrons. The van der Waals surface area contributed by atoms with Gasteiger partial charge in [-0.25, -0.2) is 13.1 Å². The number of nitrogens with zero attached hydrogens (tertiary/aromatic N) is 1. The summed E-state index contributed by atoms with van der Waals surface area (Å²) in [5, 5.41) is 0. The second-order valence-electron chi connectivity index (χ2n) is 7.35. The van der Waals surface area contributed by atoms with Crippen LogP contribution < -0.4 is 4.72 Å². The van der Waals surface area contributed by atoms with E-state index in [-0.39, 0.29) is 10.7 Å². The van der Waals surface area contributed by atoms with Crippen LogP contribution in [0.1, 0.15) is 55.8 Å². The average Bonchev–Trinajstić information content (AvgIpc) is 3.15. The topological polar surface area (TPSA) is 66.5 Å². The van der Waals surface area contributed by atoms with E-state index < -0.39 is 10.0 Å². The van der Waals surface area contributed by atoms with Crippen LogP contribution in [0.3, 0.4) is 0 Å². The SMILES string of the molecule is CC(=O)c1cccc(S(=O)(=O)NCC2CCN(C3CCCC3)CC2)c1. The molecule has 0 atom stereocenters. The highest BCUT2D eigenvalue weighted by atomic mass is 32.2. The molecule has 1 aromatic carbocycles. The number of carbonyl (C=O) groups excluding carboxylic acids is 1. The maximum absolute atomic E-state index is 12.5. The van der Waals surface area contributed by atoms with Crippen molar-refractivity contribution in [1.82, 2.24) is 9.62 Å². The van der Waals surface area contributed by atoms with Gasteiger partial charge in [-0.1, -0.05) is 25.0 Å². The largest absolute Gasteiger partial charge is 0.300 e. The molecule has 0 spiro atoms. The fraction of sp³-hybridized carbons (Fsp3) is 0.632. The molecule has 3 rings (SSSR count). The molecule has 1 heterocycles. The third kappa shape index (κ3) is 4.68. The van der Waals surface area contributed by atoms with Crippen molar-refractivity contribution < 1.29 is 13.2 Å². The third-order valence-electron chi connectivity index (χ3n) is 5.60. The molecule has 1 aliphatic heterocycles. The highest BCUT2D eigenvalue weighted by Gasteiger charge is 2.27. The highest BCUT2D eigenvalue weighted by Crippen LogP contribution is 2.27. The molecule has 0 bridgehead atoms. The van der Waals surface area contributed by atoms with Gasteiger partial charge >= 0.3 is 0 Å². The lowest BCUT2D eigenvalue weighted by Gasteiger charge is -2.36. The molecule has 1 aromatic rings. The van der Waals surface area contributed by atoms with Crippen molar-refractivity contribution >= 4 is 15.8 Å². The fourth-order valence-corrected chi connectivity index (χ4v) is 5.15. The van der Waals surface area contributed by atoms with Crippen LogP contribution in [0.5, 0.6) is 0 Å². The maximum atomic E-state index is 12.5. The molecule has 1 saturated heterocycles. The van der Waals surface area contributed by atoms with E-state index in [1.165, 1.54) is 44.7 Å². The molecular weight excluding hydrogens is 336 g/mol. The Morgan fingerprint density at radius 2 is 1.84 bits per heavy atom. The van der Waals surface area contributed by atoms with Gasteiger partial charge in [0.2, 0.25) is 10.0 Å². The van der Waals surface area contributed by atoms with Gasteiger partial charge in [0, 0.05) is 18.2 Å². The Hall–Kier alpha value is -1.24. The van der Waals surface area contributed by atoms with Crippen LogP contribution >= 0.6 is 0 Å². The van der Waals surface area contributed by atoms with Crippen molar-refractivity contribution in [1.29, 1.82) is 0 Å². The van der Waals surface area contributed by atoms with Gasteiger partial charge in [-0.15, -0.1) is 0 Å². The molecule has 1 aliphatic carbocycles. The molecule has 1 N–H and O–H groups in total. The summed E-state index contributed by atoms with van der Waals surface area (Å²) in [4.78, 5) is 14.2. The first-order valence-corrected chi connectivity index (χ1v) is 10.8. The smallest absolute Gasteiger partial charge is 0.240 e. The number of sulfonamides is 1. The monoisotopic (exact) mass is 364 g/mol. The standard InChI is InChI=1S/C19H28N2O3S/c1-15(22)17-5-4-8-19(13-17)25(23,24)20-14-16-9-11-21(12-10-16)18-6-2-3-7-18/h4-5,8,13,16,18,20H,2-3,6-7,9-12,14H2,1H3. The first kappa shape index (κ1) is 18.5. The zero-order chi connectivity index (χ0) is 17.9. The van der Waals surface area contributed by atoms with E-state index >= 15 is 0 Å². The highest BCUT2D eigenvalue weighted by molar-refractivity contribution is 7.89. The molecule has 1 saturated carbocycles. The number of Topliss-reactive ketones (excluding diaryl/α,β-unsaturated/α-hetero) is 1. The Bertz CT molecular complexity index is 703. The number of hydrogen-bond donors (Lipinski definition) is 1. The maximum Gasteiger partial charge on any atom is 0.240 e.